The second-order valence-corrected chi connectivity index (χ2v) is 3.98. The first-order valence-corrected chi connectivity index (χ1v) is 5.85. The zero-order chi connectivity index (χ0) is 14.7. The Kier molecular flexibility index (Phi) is 4.11. The lowest BCUT2D eigenvalue weighted by molar-refractivity contribution is 0.0685. The van der Waals surface area contributed by atoms with Crippen LogP contribution in [0.15, 0.2) is 9.32 Å². The summed E-state index contributed by atoms with van der Waals surface area (Å²) < 4.78 is 10.8. The fraction of sp³-hybridized carbons (Fsp3) is 0.455. The van der Waals surface area contributed by atoms with E-state index in [2.05, 4.69) is 10.3 Å². The number of nitrogens with zero attached hydrogens (tertiary/aromatic N) is 3. The monoisotopic (exact) mass is 283 g/mol. The van der Waals surface area contributed by atoms with Crippen LogP contribution < -0.4 is 5.56 Å². The van der Waals surface area contributed by atoms with Crippen molar-refractivity contribution in [2.75, 3.05) is 19.8 Å². The molecule has 0 saturated carbocycles. The van der Waals surface area contributed by atoms with Crippen LogP contribution in [0.3, 0.4) is 0 Å². The van der Waals surface area contributed by atoms with E-state index in [9.17, 15) is 9.59 Å². The molecule has 9 heteroatoms. The second-order valence-electron chi connectivity index (χ2n) is 3.98. The molecule has 2 aromatic heterocycles. The summed E-state index contributed by atoms with van der Waals surface area (Å²) in [5.41, 5.74) is -0.910. The van der Waals surface area contributed by atoms with Crippen LogP contribution in [0.1, 0.15) is 16.2 Å². The molecule has 0 bridgehead atoms. The van der Waals surface area contributed by atoms with Gasteiger partial charge in [0.25, 0.3) is 5.56 Å². The summed E-state index contributed by atoms with van der Waals surface area (Å²) in [6.45, 7) is 1.68. The maximum Gasteiger partial charge on any atom is 0.357 e. The summed E-state index contributed by atoms with van der Waals surface area (Å²) in [6, 6.07) is 0. The number of ether oxygens (including phenoxy) is 1. The van der Waals surface area contributed by atoms with Gasteiger partial charge in [0.1, 0.15) is 5.76 Å². The molecule has 0 spiro atoms. The van der Waals surface area contributed by atoms with E-state index in [1.807, 2.05) is 0 Å². The van der Waals surface area contributed by atoms with Gasteiger partial charge in [-0.15, -0.1) is 0 Å². The molecular formula is C11H13N3O6. The summed E-state index contributed by atoms with van der Waals surface area (Å²) >= 11 is 0. The maximum atomic E-state index is 12.1. The first-order valence-electron chi connectivity index (χ1n) is 5.85. The Labute approximate surface area is 112 Å². The lowest BCUT2D eigenvalue weighted by atomic mass is 10.2. The first-order chi connectivity index (χ1) is 9.56. The lowest BCUT2D eigenvalue weighted by Crippen LogP contribution is -2.28. The van der Waals surface area contributed by atoms with Crippen molar-refractivity contribution in [2.24, 2.45) is 0 Å². The number of hydrogen-bond acceptors (Lipinski definition) is 7. The van der Waals surface area contributed by atoms with Gasteiger partial charge >= 0.3 is 5.97 Å². The molecule has 108 valence electrons. The number of carboxylic acids is 1. The van der Waals surface area contributed by atoms with Crippen molar-refractivity contribution in [2.45, 2.75) is 13.5 Å². The van der Waals surface area contributed by atoms with Crippen LogP contribution in [-0.2, 0) is 11.3 Å². The van der Waals surface area contributed by atoms with Gasteiger partial charge in [0.2, 0.25) is 0 Å². The lowest BCUT2D eigenvalue weighted by Gasteiger charge is -2.06. The zero-order valence-corrected chi connectivity index (χ0v) is 10.7. The number of aliphatic hydroxyl groups excluding tert-OH is 1. The van der Waals surface area contributed by atoms with Crippen LogP contribution in [0, 0.1) is 6.92 Å². The van der Waals surface area contributed by atoms with Crippen molar-refractivity contribution in [1.82, 2.24) is 14.9 Å². The SMILES string of the molecule is Cc1onc2c(=O)n(CCOCCO)nc(C(=O)O)c12. The number of fused-ring (bicyclic) bond motifs is 1. The molecule has 0 aliphatic heterocycles. The number of hydrogen-bond donors (Lipinski definition) is 2. The number of rotatable bonds is 6. The van der Waals surface area contributed by atoms with Crippen molar-refractivity contribution in [3.63, 3.8) is 0 Å². The van der Waals surface area contributed by atoms with Gasteiger partial charge in [0.15, 0.2) is 11.2 Å². The van der Waals surface area contributed by atoms with Gasteiger partial charge in [-0.3, -0.25) is 4.79 Å². The number of aliphatic hydroxyl groups is 1. The zero-order valence-electron chi connectivity index (χ0n) is 10.7. The van der Waals surface area contributed by atoms with Gasteiger partial charge in [-0.2, -0.15) is 5.10 Å². The van der Waals surface area contributed by atoms with Crippen molar-refractivity contribution >= 4 is 16.9 Å². The molecule has 0 atom stereocenters. The predicted molar refractivity (Wildman–Crippen MR) is 65.7 cm³/mol. The Hall–Kier alpha value is -2.26. The molecule has 0 radical (unpaired) electrons. The summed E-state index contributed by atoms with van der Waals surface area (Å²) in [5, 5.41) is 25.2. The van der Waals surface area contributed by atoms with E-state index in [0.29, 0.717) is 0 Å². The highest BCUT2D eigenvalue weighted by Gasteiger charge is 2.21. The van der Waals surface area contributed by atoms with Crippen molar-refractivity contribution < 1.29 is 24.3 Å². The van der Waals surface area contributed by atoms with Crippen LogP contribution in [0.25, 0.3) is 10.9 Å². The minimum absolute atomic E-state index is 0.0565. The van der Waals surface area contributed by atoms with Gasteiger partial charge in [-0.1, -0.05) is 5.16 Å². The standard InChI is InChI=1S/C11H13N3O6/c1-6-7-8(13-20-6)10(16)14(2-4-19-5-3-15)12-9(7)11(17)18/h15H,2-5H2,1H3,(H,17,18). The molecule has 0 aliphatic rings. The van der Waals surface area contributed by atoms with E-state index in [1.165, 1.54) is 6.92 Å². The van der Waals surface area contributed by atoms with Crippen molar-refractivity contribution in [3.05, 3.63) is 21.8 Å². The third kappa shape index (κ3) is 2.53. The Morgan fingerprint density at radius 2 is 2.20 bits per heavy atom. The Bertz CT molecular complexity index is 689. The number of carboxylic acid groups (broad SMARTS) is 1. The molecule has 2 rings (SSSR count). The smallest absolute Gasteiger partial charge is 0.357 e. The quantitative estimate of drug-likeness (QED) is 0.672. The third-order valence-electron chi connectivity index (χ3n) is 2.64. The van der Waals surface area contributed by atoms with Gasteiger partial charge < -0.3 is 19.5 Å². The average molecular weight is 283 g/mol. The Morgan fingerprint density at radius 1 is 1.45 bits per heavy atom. The Balaban J connectivity index is 2.43. The summed E-state index contributed by atoms with van der Waals surface area (Å²) in [5.74, 6) is -1.04. The average Bonchev–Trinajstić information content (AvgIpc) is 2.79. The highest BCUT2D eigenvalue weighted by molar-refractivity contribution is 6.00. The van der Waals surface area contributed by atoms with E-state index in [0.717, 1.165) is 4.68 Å². The fourth-order valence-corrected chi connectivity index (χ4v) is 1.75. The number of aryl methyl sites for hydroxylation is 1. The topological polar surface area (TPSA) is 128 Å². The molecule has 0 aliphatic carbocycles. The molecule has 2 aromatic rings. The highest BCUT2D eigenvalue weighted by atomic mass is 16.5. The predicted octanol–water partition coefficient (Wildman–Crippen LogP) is -0.600. The van der Waals surface area contributed by atoms with E-state index >= 15 is 0 Å². The molecule has 0 amide bonds. The van der Waals surface area contributed by atoms with Gasteiger partial charge in [-0.25, -0.2) is 9.48 Å². The summed E-state index contributed by atoms with van der Waals surface area (Å²) in [6.07, 6.45) is 0. The minimum Gasteiger partial charge on any atom is -0.476 e. The van der Waals surface area contributed by atoms with Gasteiger partial charge in [0, 0.05) is 0 Å². The first kappa shape index (κ1) is 14.2. The molecular weight excluding hydrogens is 270 g/mol. The van der Waals surface area contributed by atoms with Crippen molar-refractivity contribution in [3.8, 4) is 0 Å². The number of aromatic carboxylic acids is 1. The molecule has 9 nitrogen and oxygen atoms in total. The second kappa shape index (κ2) is 5.80. The summed E-state index contributed by atoms with van der Waals surface area (Å²) in [4.78, 5) is 23.3. The van der Waals surface area contributed by atoms with E-state index in [4.69, 9.17) is 19.5 Å². The molecule has 0 aromatic carbocycles. The third-order valence-corrected chi connectivity index (χ3v) is 2.64. The largest absolute Gasteiger partial charge is 0.476 e. The fourth-order valence-electron chi connectivity index (χ4n) is 1.75. The van der Waals surface area contributed by atoms with Crippen molar-refractivity contribution in [1.29, 1.82) is 0 Å². The minimum atomic E-state index is -1.27. The molecule has 0 fully saturated rings. The van der Waals surface area contributed by atoms with Gasteiger partial charge in [0.05, 0.1) is 31.8 Å². The molecule has 2 heterocycles. The summed E-state index contributed by atoms with van der Waals surface area (Å²) in [7, 11) is 0. The van der Waals surface area contributed by atoms with Crippen LogP contribution in [0.4, 0.5) is 0 Å². The van der Waals surface area contributed by atoms with Gasteiger partial charge in [-0.05, 0) is 6.92 Å². The maximum absolute atomic E-state index is 12.1. The van der Waals surface area contributed by atoms with Crippen LogP contribution in [0.5, 0.6) is 0 Å². The van der Waals surface area contributed by atoms with E-state index in [1.54, 1.807) is 0 Å². The molecule has 0 unspecified atom stereocenters. The number of carbonyl (C=O) groups is 1. The molecule has 0 saturated heterocycles. The van der Waals surface area contributed by atoms with Crippen LogP contribution in [0.2, 0.25) is 0 Å². The Morgan fingerprint density at radius 3 is 2.85 bits per heavy atom. The van der Waals surface area contributed by atoms with E-state index in [-0.39, 0.29) is 48.7 Å². The normalized spacial score (nSPS) is 11.1. The van der Waals surface area contributed by atoms with Crippen LogP contribution in [-0.4, -0.2) is 50.9 Å². The van der Waals surface area contributed by atoms with E-state index < -0.39 is 11.5 Å². The number of aromatic nitrogens is 3. The molecule has 2 N–H and O–H groups in total. The molecule has 20 heavy (non-hydrogen) atoms. The highest BCUT2D eigenvalue weighted by Crippen LogP contribution is 2.17. The van der Waals surface area contributed by atoms with Crippen LogP contribution >= 0.6 is 0 Å².